The van der Waals surface area contributed by atoms with E-state index < -0.39 is 53.9 Å². The van der Waals surface area contributed by atoms with E-state index in [1.54, 1.807) is 32.9 Å². The number of benzene rings is 1. The zero-order valence-corrected chi connectivity index (χ0v) is 19.6. The Morgan fingerprint density at radius 1 is 1.06 bits per heavy atom. The average Bonchev–Trinajstić information content (AvgIpc) is 3.23. The van der Waals surface area contributed by atoms with E-state index in [0.29, 0.717) is 31.5 Å². The van der Waals surface area contributed by atoms with Gasteiger partial charge in [0.25, 0.3) is 0 Å². The fourth-order valence-corrected chi connectivity index (χ4v) is 4.65. The molecule has 0 bridgehead atoms. The van der Waals surface area contributed by atoms with E-state index in [2.05, 4.69) is 0 Å². The van der Waals surface area contributed by atoms with Crippen LogP contribution in [0.1, 0.15) is 61.2 Å². The Morgan fingerprint density at radius 3 is 2.18 bits per heavy atom. The van der Waals surface area contributed by atoms with E-state index in [1.807, 2.05) is 5.38 Å². The molecule has 1 aromatic heterocycles. The highest BCUT2D eigenvalue weighted by atomic mass is 32.1. The van der Waals surface area contributed by atoms with Gasteiger partial charge in [-0.3, -0.25) is 4.90 Å². The molecule has 0 radical (unpaired) electrons. The van der Waals surface area contributed by atoms with Crippen molar-refractivity contribution in [2.45, 2.75) is 70.3 Å². The molecule has 2 aromatic rings. The Kier molecular flexibility index (Phi) is 7.57. The van der Waals surface area contributed by atoms with Crippen LogP contribution in [-0.4, -0.2) is 29.2 Å². The highest BCUT2D eigenvalue weighted by Gasteiger charge is 2.40. The molecule has 188 valence electrons. The zero-order valence-electron chi connectivity index (χ0n) is 18.8. The van der Waals surface area contributed by atoms with E-state index in [1.165, 1.54) is 16.2 Å². The molecule has 1 fully saturated rings. The van der Waals surface area contributed by atoms with Crippen LogP contribution in [-0.2, 0) is 28.4 Å². The van der Waals surface area contributed by atoms with Crippen molar-refractivity contribution in [1.82, 2.24) is 4.90 Å². The van der Waals surface area contributed by atoms with Crippen molar-refractivity contribution in [3.63, 3.8) is 0 Å². The van der Waals surface area contributed by atoms with E-state index in [4.69, 9.17) is 9.47 Å². The highest BCUT2D eigenvalue weighted by molar-refractivity contribution is 7.10. The first-order valence-corrected chi connectivity index (χ1v) is 11.5. The number of hydrogen-bond donors (Lipinski definition) is 0. The number of thiophene rings is 1. The van der Waals surface area contributed by atoms with E-state index in [0.717, 1.165) is 4.88 Å². The summed E-state index contributed by atoms with van der Waals surface area (Å²) in [6, 6.07) is 4.43. The fraction of sp³-hybridized carbons (Fsp3) is 0.522. The lowest BCUT2D eigenvalue weighted by atomic mass is 9.97. The Balaban J connectivity index is 1.87. The molecule has 2 heterocycles. The molecule has 1 amide bonds. The van der Waals surface area contributed by atoms with E-state index >= 15 is 0 Å². The Labute approximate surface area is 197 Å². The molecule has 1 aliphatic rings. The summed E-state index contributed by atoms with van der Waals surface area (Å²) < 4.78 is 90.5. The summed E-state index contributed by atoms with van der Waals surface area (Å²) >= 11 is 1.38. The first-order chi connectivity index (χ1) is 15.6. The van der Waals surface area contributed by atoms with Crippen LogP contribution in [0.15, 0.2) is 35.7 Å². The molecule has 34 heavy (non-hydrogen) atoms. The molecule has 4 nitrogen and oxygen atoms in total. The number of ether oxygens (including phenoxy) is 2. The van der Waals surface area contributed by atoms with Gasteiger partial charge in [-0.25, -0.2) is 4.79 Å². The molecule has 0 N–H and O–H groups in total. The van der Waals surface area contributed by atoms with E-state index in [-0.39, 0.29) is 11.6 Å². The van der Waals surface area contributed by atoms with Crippen LogP contribution in [0.5, 0.6) is 0 Å². The molecule has 0 aliphatic carbocycles. The molecule has 0 spiro atoms. The van der Waals surface area contributed by atoms with Crippen molar-refractivity contribution in [2.24, 2.45) is 0 Å². The van der Waals surface area contributed by atoms with Crippen molar-refractivity contribution in [3.8, 4) is 0 Å². The highest BCUT2D eigenvalue weighted by Crippen LogP contribution is 2.39. The van der Waals surface area contributed by atoms with Gasteiger partial charge in [0.05, 0.1) is 29.9 Å². The molecule has 1 saturated heterocycles. The minimum Gasteiger partial charge on any atom is -0.444 e. The van der Waals surface area contributed by atoms with Gasteiger partial charge in [0.15, 0.2) is 0 Å². The molecule has 11 heteroatoms. The lowest BCUT2D eigenvalue weighted by molar-refractivity contribution is -0.143. The summed E-state index contributed by atoms with van der Waals surface area (Å²) in [7, 11) is 0. The van der Waals surface area contributed by atoms with Crippen LogP contribution in [0.4, 0.5) is 31.1 Å². The normalized spacial score (nSPS) is 19.9. The van der Waals surface area contributed by atoms with Crippen molar-refractivity contribution < 1.29 is 40.6 Å². The topological polar surface area (TPSA) is 38.8 Å². The molecule has 2 atom stereocenters. The van der Waals surface area contributed by atoms with Crippen LogP contribution >= 0.6 is 11.3 Å². The van der Waals surface area contributed by atoms with Gasteiger partial charge in [-0.05, 0) is 68.8 Å². The second-order valence-corrected chi connectivity index (χ2v) is 10.0. The van der Waals surface area contributed by atoms with E-state index in [9.17, 15) is 31.1 Å². The third kappa shape index (κ3) is 6.65. The van der Waals surface area contributed by atoms with Crippen molar-refractivity contribution in [1.29, 1.82) is 0 Å². The average molecular weight is 510 g/mol. The summed E-state index contributed by atoms with van der Waals surface area (Å²) in [5.74, 6) is 0. The van der Waals surface area contributed by atoms with Crippen LogP contribution in [0.3, 0.4) is 0 Å². The quantitative estimate of drug-likeness (QED) is 0.402. The predicted molar refractivity (Wildman–Crippen MR) is 114 cm³/mol. The molecule has 1 aromatic carbocycles. The third-order valence-corrected chi connectivity index (χ3v) is 6.09. The number of alkyl halides is 6. The number of piperidine rings is 1. The van der Waals surface area contributed by atoms with Crippen LogP contribution < -0.4 is 0 Å². The summed E-state index contributed by atoms with van der Waals surface area (Å²) in [6.45, 7) is 5.11. The summed E-state index contributed by atoms with van der Waals surface area (Å²) in [5.41, 5.74) is -3.78. The number of rotatable bonds is 4. The first kappa shape index (κ1) is 26.3. The minimum atomic E-state index is -4.94. The molecule has 0 saturated carbocycles. The second-order valence-electron chi connectivity index (χ2n) is 9.04. The zero-order chi connectivity index (χ0) is 25.3. The van der Waals surface area contributed by atoms with Gasteiger partial charge in [0, 0.05) is 11.4 Å². The molecular weight excluding hydrogens is 484 g/mol. The van der Waals surface area contributed by atoms with Crippen LogP contribution in [0, 0.1) is 0 Å². The van der Waals surface area contributed by atoms with Gasteiger partial charge in [0.1, 0.15) is 5.60 Å². The van der Waals surface area contributed by atoms with Crippen LogP contribution in [0.2, 0.25) is 0 Å². The van der Waals surface area contributed by atoms with Crippen LogP contribution in [0.25, 0.3) is 0 Å². The van der Waals surface area contributed by atoms with Crippen molar-refractivity contribution in [2.75, 3.05) is 6.54 Å². The number of hydrogen-bond acceptors (Lipinski definition) is 4. The molecular formula is C23H25F6NO3S. The number of amides is 1. The van der Waals surface area contributed by atoms with Gasteiger partial charge >= 0.3 is 18.4 Å². The second kappa shape index (κ2) is 9.77. The van der Waals surface area contributed by atoms with Gasteiger partial charge < -0.3 is 9.47 Å². The SMILES string of the molecule is CC(C)(C)OC(=O)N1CCCC(OCc2cc(C(F)(F)F)cc(C(F)(F)F)c2)C1c1cccs1. The first-order valence-electron chi connectivity index (χ1n) is 10.6. The van der Waals surface area contributed by atoms with Gasteiger partial charge in [-0.2, -0.15) is 26.3 Å². The van der Waals surface area contributed by atoms with Gasteiger partial charge in [0.2, 0.25) is 0 Å². The number of halogens is 6. The smallest absolute Gasteiger partial charge is 0.416 e. The molecule has 2 unspecified atom stereocenters. The Hall–Kier alpha value is -2.27. The summed E-state index contributed by atoms with van der Waals surface area (Å²) in [5, 5.41) is 1.82. The fourth-order valence-electron chi connectivity index (χ4n) is 3.76. The summed E-state index contributed by atoms with van der Waals surface area (Å²) in [6.07, 6.45) is -10.0. The maximum atomic E-state index is 13.2. The number of likely N-dealkylation sites (tertiary alicyclic amines) is 1. The largest absolute Gasteiger partial charge is 0.444 e. The molecule has 1 aliphatic heterocycles. The third-order valence-electron chi connectivity index (χ3n) is 5.15. The number of nitrogens with zero attached hydrogens (tertiary/aromatic N) is 1. The maximum Gasteiger partial charge on any atom is 0.416 e. The van der Waals surface area contributed by atoms with Gasteiger partial charge in [-0.1, -0.05) is 6.07 Å². The lowest BCUT2D eigenvalue weighted by Gasteiger charge is -2.41. The van der Waals surface area contributed by atoms with Gasteiger partial charge in [-0.15, -0.1) is 11.3 Å². The number of carbonyl (C=O) groups excluding carboxylic acids is 1. The lowest BCUT2D eigenvalue weighted by Crippen LogP contribution is -2.47. The number of carbonyl (C=O) groups is 1. The van der Waals surface area contributed by atoms with Crippen molar-refractivity contribution >= 4 is 17.4 Å². The van der Waals surface area contributed by atoms with Crippen molar-refractivity contribution in [3.05, 3.63) is 57.3 Å². The monoisotopic (exact) mass is 509 g/mol. The molecule has 3 rings (SSSR count). The Bertz CT molecular complexity index is 950. The Morgan fingerprint density at radius 2 is 1.68 bits per heavy atom. The minimum absolute atomic E-state index is 0.0861. The standard InChI is InChI=1S/C23H25F6NO3S/c1-21(2,3)33-20(31)30-8-4-6-17(19(30)18-7-5-9-34-18)32-13-14-10-15(22(24,25)26)12-16(11-14)23(27,28)29/h5,7,9-12,17,19H,4,6,8,13H2,1-3H3. The predicted octanol–water partition coefficient (Wildman–Crippen LogP) is 7.44. The maximum absolute atomic E-state index is 13.2. The summed E-state index contributed by atoms with van der Waals surface area (Å²) in [4.78, 5) is 15.2.